The number of carbonyl (C=O) groups is 2. The number of anilines is 2. The molecule has 4 heteroatoms. The first-order valence-corrected chi connectivity index (χ1v) is 8.29. The number of hydrogen-bond donors (Lipinski definition) is 0. The highest BCUT2D eigenvalue weighted by molar-refractivity contribution is 6.03. The molecule has 2 rings (SSSR count). The van der Waals surface area contributed by atoms with Crippen LogP contribution in [-0.2, 0) is 16.0 Å². The molecular formula is C20H24N2O2. The van der Waals surface area contributed by atoms with Gasteiger partial charge >= 0.3 is 0 Å². The molecule has 0 aliphatic heterocycles. The van der Waals surface area contributed by atoms with Crippen molar-refractivity contribution in [1.29, 1.82) is 0 Å². The van der Waals surface area contributed by atoms with Crippen molar-refractivity contribution in [1.82, 2.24) is 0 Å². The molecule has 0 bridgehead atoms. The fourth-order valence-corrected chi connectivity index (χ4v) is 2.77. The number of hydrogen-bond acceptors (Lipinski definition) is 2. The summed E-state index contributed by atoms with van der Waals surface area (Å²) in [7, 11) is 0. The van der Waals surface area contributed by atoms with Gasteiger partial charge in [0.1, 0.15) is 6.54 Å². The summed E-state index contributed by atoms with van der Waals surface area (Å²) in [5.74, 6) is -0.224. The predicted molar refractivity (Wildman–Crippen MR) is 98.3 cm³/mol. The van der Waals surface area contributed by atoms with Gasteiger partial charge in [0.25, 0.3) is 0 Å². The van der Waals surface area contributed by atoms with Crippen molar-refractivity contribution >= 4 is 23.2 Å². The molecule has 0 radical (unpaired) electrons. The number of nitrogens with zero attached hydrogens (tertiary/aromatic N) is 2. The summed E-state index contributed by atoms with van der Waals surface area (Å²) in [6, 6.07) is 17.3. The van der Waals surface area contributed by atoms with E-state index in [-0.39, 0.29) is 18.4 Å². The molecule has 2 aromatic carbocycles. The van der Waals surface area contributed by atoms with E-state index in [1.807, 2.05) is 68.4 Å². The van der Waals surface area contributed by atoms with Gasteiger partial charge in [0.2, 0.25) is 11.8 Å². The van der Waals surface area contributed by atoms with Crippen LogP contribution in [0.5, 0.6) is 0 Å². The van der Waals surface area contributed by atoms with Gasteiger partial charge in [-0.25, -0.2) is 0 Å². The van der Waals surface area contributed by atoms with Gasteiger partial charge in [-0.3, -0.25) is 9.59 Å². The molecule has 24 heavy (non-hydrogen) atoms. The fourth-order valence-electron chi connectivity index (χ4n) is 2.77. The average Bonchev–Trinajstić information content (AvgIpc) is 2.61. The van der Waals surface area contributed by atoms with Gasteiger partial charge in [0, 0.05) is 24.8 Å². The van der Waals surface area contributed by atoms with Crippen molar-refractivity contribution in [3.63, 3.8) is 0 Å². The minimum atomic E-state index is -0.131. The first-order valence-electron chi connectivity index (χ1n) is 8.29. The van der Waals surface area contributed by atoms with Crippen LogP contribution in [0.1, 0.15) is 26.3 Å². The Bertz CT molecular complexity index is 698. The molecule has 0 saturated carbocycles. The topological polar surface area (TPSA) is 40.6 Å². The van der Waals surface area contributed by atoms with Crippen LogP contribution < -0.4 is 9.80 Å². The van der Waals surface area contributed by atoms with E-state index in [1.165, 1.54) is 6.92 Å². The Morgan fingerprint density at radius 2 is 1.50 bits per heavy atom. The highest BCUT2D eigenvalue weighted by Crippen LogP contribution is 2.22. The molecule has 0 aliphatic rings. The van der Waals surface area contributed by atoms with E-state index in [9.17, 15) is 9.59 Å². The molecule has 0 fully saturated rings. The first-order chi connectivity index (χ1) is 11.6. The SMILES string of the molecule is CCc1ccccc1N(CC(=O)N(CC)c1ccccc1)C(C)=O. The summed E-state index contributed by atoms with van der Waals surface area (Å²) in [5, 5.41) is 0. The molecule has 2 amide bonds. The lowest BCUT2D eigenvalue weighted by atomic mass is 10.1. The number of aryl methyl sites for hydroxylation is 1. The van der Waals surface area contributed by atoms with Crippen molar-refractivity contribution in [2.24, 2.45) is 0 Å². The van der Waals surface area contributed by atoms with E-state index in [0.29, 0.717) is 6.54 Å². The molecule has 2 aromatic rings. The van der Waals surface area contributed by atoms with Crippen LogP contribution in [0.4, 0.5) is 11.4 Å². The van der Waals surface area contributed by atoms with Crippen LogP contribution >= 0.6 is 0 Å². The molecule has 0 aromatic heterocycles. The Balaban J connectivity index is 2.27. The number of likely N-dealkylation sites (N-methyl/N-ethyl adjacent to an activating group) is 1. The van der Waals surface area contributed by atoms with Gasteiger partial charge in [-0.15, -0.1) is 0 Å². The third-order valence-corrected chi connectivity index (χ3v) is 4.02. The van der Waals surface area contributed by atoms with E-state index >= 15 is 0 Å². The van der Waals surface area contributed by atoms with Crippen LogP contribution in [0.2, 0.25) is 0 Å². The maximum Gasteiger partial charge on any atom is 0.247 e. The minimum Gasteiger partial charge on any atom is -0.311 e. The Kier molecular flexibility index (Phi) is 6.13. The van der Waals surface area contributed by atoms with Crippen LogP contribution in [0.25, 0.3) is 0 Å². The highest BCUT2D eigenvalue weighted by atomic mass is 16.2. The van der Waals surface area contributed by atoms with Gasteiger partial charge in [0.05, 0.1) is 0 Å². The lowest BCUT2D eigenvalue weighted by molar-refractivity contribution is -0.121. The van der Waals surface area contributed by atoms with E-state index in [2.05, 4.69) is 0 Å². The summed E-state index contributed by atoms with van der Waals surface area (Å²) in [5.41, 5.74) is 2.71. The van der Waals surface area contributed by atoms with E-state index in [0.717, 1.165) is 23.4 Å². The van der Waals surface area contributed by atoms with Gasteiger partial charge in [-0.2, -0.15) is 0 Å². The van der Waals surface area contributed by atoms with Gasteiger partial charge in [0.15, 0.2) is 0 Å². The van der Waals surface area contributed by atoms with E-state index in [4.69, 9.17) is 0 Å². The summed E-state index contributed by atoms with van der Waals surface area (Å²) in [6.45, 7) is 6.07. The lowest BCUT2D eigenvalue weighted by Gasteiger charge is -2.27. The zero-order chi connectivity index (χ0) is 17.5. The van der Waals surface area contributed by atoms with E-state index < -0.39 is 0 Å². The molecule has 0 unspecified atom stereocenters. The largest absolute Gasteiger partial charge is 0.311 e. The monoisotopic (exact) mass is 324 g/mol. The van der Waals surface area contributed by atoms with E-state index in [1.54, 1.807) is 9.80 Å². The average molecular weight is 324 g/mol. The Labute approximate surface area is 143 Å². The number of carbonyl (C=O) groups excluding carboxylic acids is 2. The van der Waals surface area contributed by atoms with Crippen molar-refractivity contribution in [3.8, 4) is 0 Å². The Morgan fingerprint density at radius 1 is 0.875 bits per heavy atom. The second kappa shape index (κ2) is 8.29. The minimum absolute atomic E-state index is 0.0368. The van der Waals surface area contributed by atoms with Gasteiger partial charge in [-0.05, 0) is 37.1 Å². The summed E-state index contributed by atoms with van der Waals surface area (Å²) < 4.78 is 0. The molecule has 0 spiro atoms. The quantitative estimate of drug-likeness (QED) is 0.814. The maximum atomic E-state index is 12.8. The summed E-state index contributed by atoms with van der Waals surface area (Å²) in [6.07, 6.45) is 0.810. The zero-order valence-electron chi connectivity index (χ0n) is 14.5. The van der Waals surface area contributed by atoms with Crippen LogP contribution in [0, 0.1) is 0 Å². The smallest absolute Gasteiger partial charge is 0.247 e. The fraction of sp³-hybridized carbons (Fsp3) is 0.300. The standard InChI is InChI=1S/C20H24N2O2/c1-4-17-11-9-10-14-19(17)22(16(3)23)15-20(24)21(5-2)18-12-7-6-8-13-18/h6-14H,4-5,15H2,1-3H3. The third kappa shape index (κ3) is 4.02. The van der Waals surface area contributed by atoms with Gasteiger partial charge < -0.3 is 9.80 Å². The molecule has 4 nitrogen and oxygen atoms in total. The van der Waals surface area contributed by atoms with Crippen molar-refractivity contribution in [2.75, 3.05) is 22.9 Å². The number of para-hydroxylation sites is 2. The summed E-state index contributed by atoms with van der Waals surface area (Å²) in [4.78, 5) is 28.2. The highest BCUT2D eigenvalue weighted by Gasteiger charge is 2.22. The molecule has 0 N–H and O–H groups in total. The Morgan fingerprint density at radius 3 is 2.08 bits per heavy atom. The maximum absolute atomic E-state index is 12.8. The number of rotatable bonds is 6. The third-order valence-electron chi connectivity index (χ3n) is 4.02. The normalized spacial score (nSPS) is 10.3. The number of amides is 2. The molecule has 126 valence electrons. The molecule has 0 atom stereocenters. The predicted octanol–water partition coefficient (Wildman–Crippen LogP) is 3.66. The molecule has 0 saturated heterocycles. The first kappa shape index (κ1) is 17.7. The van der Waals surface area contributed by atoms with Crippen molar-refractivity contribution in [2.45, 2.75) is 27.2 Å². The Hall–Kier alpha value is -2.62. The lowest BCUT2D eigenvalue weighted by Crippen LogP contribution is -2.42. The molecule has 0 heterocycles. The molecular weight excluding hydrogens is 300 g/mol. The summed E-state index contributed by atoms with van der Waals surface area (Å²) >= 11 is 0. The zero-order valence-corrected chi connectivity index (χ0v) is 14.5. The van der Waals surface area contributed by atoms with Crippen LogP contribution in [-0.4, -0.2) is 24.9 Å². The van der Waals surface area contributed by atoms with Crippen LogP contribution in [0.15, 0.2) is 54.6 Å². The second-order valence-electron chi connectivity index (χ2n) is 5.56. The molecule has 0 aliphatic carbocycles. The van der Waals surface area contributed by atoms with Crippen molar-refractivity contribution in [3.05, 3.63) is 60.2 Å². The van der Waals surface area contributed by atoms with Crippen molar-refractivity contribution < 1.29 is 9.59 Å². The second-order valence-corrected chi connectivity index (χ2v) is 5.56. The van der Waals surface area contributed by atoms with Crippen LogP contribution in [0.3, 0.4) is 0 Å². The van der Waals surface area contributed by atoms with Gasteiger partial charge in [-0.1, -0.05) is 43.3 Å². The number of benzene rings is 2.